The molecule has 7 nitrogen and oxygen atoms in total. The highest BCUT2D eigenvalue weighted by Crippen LogP contribution is 2.44. The van der Waals surface area contributed by atoms with Gasteiger partial charge in [0.1, 0.15) is 12.4 Å². The van der Waals surface area contributed by atoms with Crippen LogP contribution in [0, 0.1) is 17.7 Å². The molecule has 1 fully saturated rings. The highest BCUT2D eigenvalue weighted by atomic mass is 19.1. The highest BCUT2D eigenvalue weighted by molar-refractivity contribution is 5.96. The Labute approximate surface area is 200 Å². The van der Waals surface area contributed by atoms with Gasteiger partial charge in [0.2, 0.25) is 0 Å². The van der Waals surface area contributed by atoms with Crippen molar-refractivity contribution in [3.8, 4) is 11.1 Å². The Balaban J connectivity index is 1.21. The average molecular weight is 474 g/mol. The molecular formula is C27H23FN2O5. The third-order valence-corrected chi connectivity index (χ3v) is 6.51. The second-order valence-corrected chi connectivity index (χ2v) is 8.83. The molecule has 0 spiro atoms. The van der Waals surface area contributed by atoms with Crippen molar-refractivity contribution in [1.29, 1.82) is 0 Å². The van der Waals surface area contributed by atoms with Crippen LogP contribution in [0.1, 0.15) is 33.8 Å². The van der Waals surface area contributed by atoms with Gasteiger partial charge in [-0.15, -0.1) is 0 Å². The fourth-order valence-electron chi connectivity index (χ4n) is 4.65. The molecule has 2 amide bonds. The Bertz CT molecular complexity index is 1280. The Hall–Kier alpha value is -4.20. The van der Waals surface area contributed by atoms with E-state index in [9.17, 15) is 18.8 Å². The van der Waals surface area contributed by atoms with Crippen LogP contribution >= 0.6 is 0 Å². The molecule has 2 aliphatic rings. The van der Waals surface area contributed by atoms with Gasteiger partial charge in [0.15, 0.2) is 0 Å². The van der Waals surface area contributed by atoms with E-state index < -0.39 is 29.7 Å². The van der Waals surface area contributed by atoms with Gasteiger partial charge in [-0.1, -0.05) is 48.5 Å². The zero-order chi connectivity index (χ0) is 24.5. The summed E-state index contributed by atoms with van der Waals surface area (Å²) in [5.41, 5.74) is 4.48. The number of hydrogen-bond donors (Lipinski definition) is 3. The van der Waals surface area contributed by atoms with Crippen LogP contribution in [-0.2, 0) is 9.53 Å². The van der Waals surface area contributed by atoms with Crippen molar-refractivity contribution < 1.29 is 28.6 Å². The predicted molar refractivity (Wildman–Crippen MR) is 127 cm³/mol. The molecule has 0 saturated heterocycles. The van der Waals surface area contributed by atoms with Gasteiger partial charge in [0.25, 0.3) is 5.91 Å². The molecule has 0 aromatic heterocycles. The first-order valence-corrected chi connectivity index (χ1v) is 11.3. The standard InChI is InChI=1S/C27H23FN2O5/c28-17-9-15(25(31)29-13-16-11-23(16)26(32)33)10-18(12-17)30-27(34)35-14-24-21-7-3-1-5-19(21)20-6-2-4-8-22(20)24/h1-10,12,16,23-24H,11,13-14H2,(H,29,31)(H,30,34)(H,32,33). The zero-order valence-electron chi connectivity index (χ0n) is 18.7. The summed E-state index contributed by atoms with van der Waals surface area (Å²) in [6, 6.07) is 19.4. The van der Waals surface area contributed by atoms with Crippen LogP contribution in [0.5, 0.6) is 0 Å². The minimum Gasteiger partial charge on any atom is -0.481 e. The van der Waals surface area contributed by atoms with E-state index in [1.807, 2.05) is 48.5 Å². The monoisotopic (exact) mass is 474 g/mol. The van der Waals surface area contributed by atoms with Crippen LogP contribution in [0.15, 0.2) is 66.7 Å². The van der Waals surface area contributed by atoms with E-state index in [4.69, 9.17) is 9.84 Å². The first-order valence-electron chi connectivity index (χ1n) is 11.3. The van der Waals surface area contributed by atoms with E-state index in [0.29, 0.717) is 6.42 Å². The summed E-state index contributed by atoms with van der Waals surface area (Å²) < 4.78 is 19.6. The number of halogens is 1. The Morgan fingerprint density at radius 2 is 1.63 bits per heavy atom. The molecule has 0 radical (unpaired) electrons. The number of ether oxygens (including phenoxy) is 1. The summed E-state index contributed by atoms with van der Waals surface area (Å²) in [7, 11) is 0. The summed E-state index contributed by atoms with van der Waals surface area (Å²) in [4.78, 5) is 35.8. The first kappa shape index (κ1) is 22.6. The van der Waals surface area contributed by atoms with Gasteiger partial charge in [-0.25, -0.2) is 9.18 Å². The molecule has 3 N–H and O–H groups in total. The van der Waals surface area contributed by atoms with Crippen molar-refractivity contribution in [2.45, 2.75) is 12.3 Å². The van der Waals surface area contributed by atoms with Crippen LogP contribution in [0.2, 0.25) is 0 Å². The molecule has 0 bridgehead atoms. The number of carboxylic acid groups (broad SMARTS) is 1. The Morgan fingerprint density at radius 3 is 2.26 bits per heavy atom. The van der Waals surface area contributed by atoms with Crippen molar-refractivity contribution in [3.63, 3.8) is 0 Å². The number of carbonyl (C=O) groups excluding carboxylic acids is 2. The molecule has 2 atom stereocenters. The largest absolute Gasteiger partial charge is 0.481 e. The Morgan fingerprint density at radius 1 is 0.971 bits per heavy atom. The lowest BCUT2D eigenvalue weighted by molar-refractivity contribution is -0.138. The maximum absolute atomic E-state index is 14.1. The summed E-state index contributed by atoms with van der Waals surface area (Å²) in [5, 5.41) is 14.1. The molecule has 35 heavy (non-hydrogen) atoms. The number of aliphatic carboxylic acids is 1. The number of amides is 2. The molecule has 2 unspecified atom stereocenters. The number of fused-ring (bicyclic) bond motifs is 3. The van der Waals surface area contributed by atoms with Crippen molar-refractivity contribution in [2.24, 2.45) is 11.8 Å². The third kappa shape index (κ3) is 4.73. The topological polar surface area (TPSA) is 105 Å². The van der Waals surface area contributed by atoms with Gasteiger partial charge in [-0.05, 0) is 52.8 Å². The molecule has 3 aromatic carbocycles. The van der Waals surface area contributed by atoms with Crippen LogP contribution in [0.25, 0.3) is 11.1 Å². The van der Waals surface area contributed by atoms with E-state index in [2.05, 4.69) is 10.6 Å². The molecule has 2 aliphatic carbocycles. The fourth-order valence-corrected chi connectivity index (χ4v) is 4.65. The second kappa shape index (κ2) is 9.21. The number of rotatable bonds is 7. The number of carboxylic acids is 1. The molecule has 3 aromatic rings. The van der Waals surface area contributed by atoms with E-state index in [-0.39, 0.29) is 36.2 Å². The fraction of sp³-hybridized carbons (Fsp3) is 0.222. The summed E-state index contributed by atoms with van der Waals surface area (Å²) in [5.74, 6) is -2.81. The van der Waals surface area contributed by atoms with Crippen molar-refractivity contribution in [3.05, 3.63) is 89.2 Å². The number of nitrogens with one attached hydrogen (secondary N) is 2. The first-order chi connectivity index (χ1) is 16.9. The molecule has 5 rings (SSSR count). The molecule has 8 heteroatoms. The lowest BCUT2D eigenvalue weighted by Gasteiger charge is -2.15. The molecule has 0 heterocycles. The van der Waals surface area contributed by atoms with E-state index in [0.717, 1.165) is 34.4 Å². The van der Waals surface area contributed by atoms with Crippen LogP contribution in [0.3, 0.4) is 0 Å². The third-order valence-electron chi connectivity index (χ3n) is 6.51. The van der Waals surface area contributed by atoms with Gasteiger partial charge >= 0.3 is 12.1 Å². The summed E-state index contributed by atoms with van der Waals surface area (Å²) in [6.07, 6.45) is -0.251. The van der Waals surface area contributed by atoms with Crippen LogP contribution in [-0.4, -0.2) is 36.2 Å². The zero-order valence-corrected chi connectivity index (χ0v) is 18.7. The lowest BCUT2D eigenvalue weighted by atomic mass is 9.98. The number of hydrogen-bond acceptors (Lipinski definition) is 4. The maximum Gasteiger partial charge on any atom is 0.411 e. The van der Waals surface area contributed by atoms with Gasteiger partial charge in [-0.2, -0.15) is 0 Å². The number of carbonyl (C=O) groups is 3. The second-order valence-electron chi connectivity index (χ2n) is 8.83. The SMILES string of the molecule is O=C(Nc1cc(F)cc(C(=O)NCC2CC2C(=O)O)c1)OCC1c2ccccc2-c2ccccc21. The molecule has 178 valence electrons. The highest BCUT2D eigenvalue weighted by Gasteiger charge is 2.43. The van der Waals surface area contributed by atoms with Gasteiger partial charge in [-0.3, -0.25) is 14.9 Å². The van der Waals surface area contributed by atoms with Crippen molar-refractivity contribution >= 4 is 23.7 Å². The van der Waals surface area contributed by atoms with Gasteiger partial charge in [0.05, 0.1) is 5.92 Å². The van der Waals surface area contributed by atoms with Crippen LogP contribution < -0.4 is 10.6 Å². The van der Waals surface area contributed by atoms with Gasteiger partial charge < -0.3 is 15.2 Å². The minimum absolute atomic E-state index is 0.0199. The van der Waals surface area contributed by atoms with Crippen LogP contribution in [0.4, 0.5) is 14.9 Å². The Kier molecular flexibility index (Phi) is 5.94. The molecule has 0 aliphatic heterocycles. The van der Waals surface area contributed by atoms with Crippen molar-refractivity contribution in [2.75, 3.05) is 18.5 Å². The summed E-state index contributed by atoms with van der Waals surface area (Å²) in [6.45, 7) is 0.302. The number of benzene rings is 3. The smallest absolute Gasteiger partial charge is 0.411 e. The number of anilines is 1. The van der Waals surface area contributed by atoms with E-state index in [1.165, 1.54) is 6.07 Å². The quantitative estimate of drug-likeness (QED) is 0.463. The van der Waals surface area contributed by atoms with Crippen molar-refractivity contribution in [1.82, 2.24) is 5.32 Å². The van der Waals surface area contributed by atoms with E-state index in [1.54, 1.807) is 0 Å². The van der Waals surface area contributed by atoms with Gasteiger partial charge in [0, 0.05) is 23.7 Å². The minimum atomic E-state index is -0.885. The summed E-state index contributed by atoms with van der Waals surface area (Å²) >= 11 is 0. The lowest BCUT2D eigenvalue weighted by Crippen LogP contribution is -2.27. The molecular weight excluding hydrogens is 451 g/mol. The predicted octanol–water partition coefficient (Wildman–Crippen LogP) is 4.64. The molecule has 1 saturated carbocycles. The normalized spacial score (nSPS) is 17.7. The average Bonchev–Trinajstić information content (AvgIpc) is 3.56. The maximum atomic E-state index is 14.1. The van der Waals surface area contributed by atoms with E-state index >= 15 is 0 Å².